The van der Waals surface area contributed by atoms with Gasteiger partial charge in [0.15, 0.2) is 5.13 Å². The summed E-state index contributed by atoms with van der Waals surface area (Å²) in [7, 11) is 0. The van der Waals surface area contributed by atoms with Crippen LogP contribution in [0, 0.1) is 11.8 Å². The maximum atomic E-state index is 12.6. The van der Waals surface area contributed by atoms with Crippen molar-refractivity contribution in [2.45, 2.75) is 40.0 Å². The zero-order valence-electron chi connectivity index (χ0n) is 13.2. The Balaban J connectivity index is 1.99. The van der Waals surface area contributed by atoms with Crippen molar-refractivity contribution in [2.75, 3.05) is 30.7 Å². The molecule has 0 saturated carbocycles. The van der Waals surface area contributed by atoms with Gasteiger partial charge in [-0.2, -0.15) is 0 Å². The Morgan fingerprint density at radius 1 is 1.57 bits per heavy atom. The van der Waals surface area contributed by atoms with Gasteiger partial charge < -0.3 is 16.0 Å². The number of amides is 1. The molecule has 1 aromatic heterocycles. The minimum Gasteiger partial charge on any atom is -0.382 e. The fraction of sp³-hybridized carbons (Fsp3) is 0.733. The predicted octanol–water partition coefficient (Wildman–Crippen LogP) is 3.06. The number of hydrogen-bond acceptors (Lipinski definition) is 5. The molecule has 0 aliphatic carbocycles. The number of nitrogen functional groups attached to an aromatic ring is 1. The first-order valence-electron chi connectivity index (χ1n) is 7.80. The number of aromatic nitrogens is 1. The quantitative estimate of drug-likeness (QED) is 0.847. The number of nitrogens with zero attached hydrogens (tertiary/aromatic N) is 2. The van der Waals surface area contributed by atoms with Crippen molar-refractivity contribution < 1.29 is 4.79 Å². The van der Waals surface area contributed by atoms with Gasteiger partial charge in [-0.1, -0.05) is 38.5 Å². The molecule has 3 N–H and O–H groups in total. The van der Waals surface area contributed by atoms with E-state index >= 15 is 0 Å². The van der Waals surface area contributed by atoms with Crippen molar-refractivity contribution in [3.63, 3.8) is 0 Å². The minimum absolute atomic E-state index is 0.0428. The molecular formula is C15H26N4OS. The van der Waals surface area contributed by atoms with Crippen LogP contribution >= 0.6 is 11.3 Å². The van der Waals surface area contributed by atoms with E-state index in [1.165, 1.54) is 24.2 Å². The minimum atomic E-state index is 0.0428. The van der Waals surface area contributed by atoms with Gasteiger partial charge >= 0.3 is 0 Å². The van der Waals surface area contributed by atoms with Crippen molar-refractivity contribution in [3.8, 4) is 0 Å². The molecule has 1 amide bonds. The van der Waals surface area contributed by atoms with Crippen molar-refractivity contribution in [2.24, 2.45) is 11.8 Å². The van der Waals surface area contributed by atoms with Gasteiger partial charge in [0.1, 0.15) is 10.7 Å². The number of hydrogen-bond donors (Lipinski definition) is 2. The highest BCUT2D eigenvalue weighted by Crippen LogP contribution is 2.29. The maximum Gasteiger partial charge on any atom is 0.267 e. The van der Waals surface area contributed by atoms with Crippen LogP contribution in [0.15, 0.2) is 0 Å². The van der Waals surface area contributed by atoms with E-state index in [4.69, 9.17) is 5.73 Å². The van der Waals surface area contributed by atoms with Crippen molar-refractivity contribution in [1.29, 1.82) is 0 Å². The second-order valence-electron chi connectivity index (χ2n) is 6.20. The Labute approximate surface area is 130 Å². The lowest BCUT2D eigenvalue weighted by Gasteiger charge is -2.15. The Hall–Kier alpha value is -1.30. The molecule has 2 heterocycles. The van der Waals surface area contributed by atoms with Crippen LogP contribution in [-0.4, -0.2) is 35.4 Å². The molecule has 118 valence electrons. The van der Waals surface area contributed by atoms with Crippen LogP contribution in [0.1, 0.15) is 49.7 Å². The molecule has 5 nitrogen and oxygen atoms in total. The SMILES string of the molecule is CCCC1CCN(C(=O)c2sc(NCC(C)C)nc2N)C1. The highest BCUT2D eigenvalue weighted by atomic mass is 32.1. The van der Waals surface area contributed by atoms with Crippen molar-refractivity contribution >= 4 is 28.2 Å². The standard InChI is InChI=1S/C15H26N4OS/c1-4-5-11-6-7-19(9-11)14(20)12-13(16)18-15(21-12)17-8-10(2)3/h10-11H,4-9,16H2,1-3H3,(H,17,18). The molecular weight excluding hydrogens is 284 g/mol. The third-order valence-electron chi connectivity index (χ3n) is 3.78. The van der Waals surface area contributed by atoms with Gasteiger partial charge in [0.2, 0.25) is 0 Å². The summed E-state index contributed by atoms with van der Waals surface area (Å²) in [5.41, 5.74) is 5.92. The van der Waals surface area contributed by atoms with Gasteiger partial charge in [-0.3, -0.25) is 4.79 Å². The second-order valence-corrected chi connectivity index (χ2v) is 7.20. The summed E-state index contributed by atoms with van der Waals surface area (Å²) in [6.45, 7) is 9.00. The lowest BCUT2D eigenvalue weighted by atomic mass is 10.0. The van der Waals surface area contributed by atoms with E-state index in [-0.39, 0.29) is 5.91 Å². The van der Waals surface area contributed by atoms with Gasteiger partial charge in [-0.15, -0.1) is 0 Å². The molecule has 0 aromatic carbocycles. The number of nitrogens with one attached hydrogen (secondary N) is 1. The normalized spacial score (nSPS) is 18.5. The lowest BCUT2D eigenvalue weighted by Crippen LogP contribution is -2.28. The smallest absolute Gasteiger partial charge is 0.267 e. The average molecular weight is 310 g/mol. The van der Waals surface area contributed by atoms with Crippen LogP contribution in [0.4, 0.5) is 10.9 Å². The molecule has 0 bridgehead atoms. The summed E-state index contributed by atoms with van der Waals surface area (Å²) in [4.78, 5) is 19.3. The van der Waals surface area contributed by atoms with Gasteiger partial charge in [-0.25, -0.2) is 4.98 Å². The van der Waals surface area contributed by atoms with Crippen molar-refractivity contribution in [3.05, 3.63) is 4.88 Å². The van der Waals surface area contributed by atoms with E-state index in [2.05, 4.69) is 31.1 Å². The van der Waals surface area contributed by atoms with Gasteiger partial charge in [0.05, 0.1) is 0 Å². The molecule has 1 aliphatic rings. The number of anilines is 2. The maximum absolute atomic E-state index is 12.6. The summed E-state index contributed by atoms with van der Waals surface area (Å²) in [6.07, 6.45) is 3.48. The predicted molar refractivity (Wildman–Crippen MR) is 88.8 cm³/mol. The topological polar surface area (TPSA) is 71.2 Å². The van der Waals surface area contributed by atoms with Crippen LogP contribution in [0.2, 0.25) is 0 Å². The molecule has 6 heteroatoms. The van der Waals surface area contributed by atoms with Crippen LogP contribution < -0.4 is 11.1 Å². The Morgan fingerprint density at radius 3 is 3.00 bits per heavy atom. The highest BCUT2D eigenvalue weighted by molar-refractivity contribution is 7.18. The van der Waals surface area contributed by atoms with E-state index in [9.17, 15) is 4.79 Å². The molecule has 2 rings (SSSR count). The highest BCUT2D eigenvalue weighted by Gasteiger charge is 2.29. The van der Waals surface area contributed by atoms with Crippen LogP contribution in [0.25, 0.3) is 0 Å². The van der Waals surface area contributed by atoms with Gasteiger partial charge in [0.25, 0.3) is 5.91 Å². The first-order chi connectivity index (χ1) is 10.0. The number of likely N-dealkylation sites (tertiary alicyclic amines) is 1. The van der Waals surface area contributed by atoms with Crippen LogP contribution in [0.5, 0.6) is 0 Å². The first kappa shape index (κ1) is 16.1. The molecule has 1 fully saturated rings. The summed E-state index contributed by atoms with van der Waals surface area (Å²) in [6, 6.07) is 0. The van der Waals surface area contributed by atoms with E-state index in [0.29, 0.717) is 22.5 Å². The zero-order chi connectivity index (χ0) is 15.4. The first-order valence-corrected chi connectivity index (χ1v) is 8.62. The number of carbonyl (C=O) groups excluding carboxylic acids is 1. The van der Waals surface area contributed by atoms with Crippen molar-refractivity contribution in [1.82, 2.24) is 9.88 Å². The monoisotopic (exact) mass is 310 g/mol. The fourth-order valence-corrected chi connectivity index (χ4v) is 3.52. The van der Waals surface area contributed by atoms with Gasteiger partial charge in [-0.05, 0) is 24.7 Å². The number of nitrogens with two attached hydrogens (primary N) is 1. The average Bonchev–Trinajstić information content (AvgIpc) is 3.03. The van der Waals surface area contributed by atoms with Gasteiger partial charge in [0, 0.05) is 19.6 Å². The molecule has 1 unspecified atom stereocenters. The van der Waals surface area contributed by atoms with E-state index in [1.54, 1.807) is 0 Å². The number of thiazole rings is 1. The molecule has 1 aliphatic heterocycles. The molecule has 0 spiro atoms. The largest absolute Gasteiger partial charge is 0.382 e. The fourth-order valence-electron chi connectivity index (χ4n) is 2.66. The van der Waals surface area contributed by atoms with Crippen LogP contribution in [-0.2, 0) is 0 Å². The Morgan fingerprint density at radius 2 is 2.33 bits per heavy atom. The third kappa shape index (κ3) is 4.09. The molecule has 1 atom stereocenters. The summed E-state index contributed by atoms with van der Waals surface area (Å²) >= 11 is 1.37. The van der Waals surface area contributed by atoms with E-state index < -0.39 is 0 Å². The van der Waals surface area contributed by atoms with Crippen LogP contribution in [0.3, 0.4) is 0 Å². The Bertz CT molecular complexity index is 486. The third-order valence-corrected chi connectivity index (χ3v) is 4.80. The van der Waals surface area contributed by atoms with E-state index in [0.717, 1.165) is 31.2 Å². The number of rotatable bonds is 6. The summed E-state index contributed by atoms with van der Waals surface area (Å²) in [5.74, 6) is 1.57. The molecule has 1 aromatic rings. The summed E-state index contributed by atoms with van der Waals surface area (Å²) in [5, 5.41) is 3.98. The number of carbonyl (C=O) groups is 1. The second kappa shape index (κ2) is 7.11. The molecule has 21 heavy (non-hydrogen) atoms. The molecule has 1 saturated heterocycles. The van der Waals surface area contributed by atoms with E-state index in [1.807, 2.05) is 4.90 Å². The summed E-state index contributed by atoms with van der Waals surface area (Å²) < 4.78 is 0. The molecule has 0 radical (unpaired) electrons. The zero-order valence-corrected chi connectivity index (χ0v) is 14.0. The Kier molecular flexibility index (Phi) is 5.45. The lowest BCUT2D eigenvalue weighted by molar-refractivity contribution is 0.0792.